The van der Waals surface area contributed by atoms with Gasteiger partial charge in [-0.2, -0.15) is 0 Å². The van der Waals surface area contributed by atoms with Crippen LogP contribution in [-0.2, 0) is 6.42 Å². The number of amides is 1. The molecule has 8 heteroatoms. The summed E-state index contributed by atoms with van der Waals surface area (Å²) in [6.07, 6.45) is 3.44. The molecule has 0 aliphatic carbocycles. The molecule has 4 rings (SSSR count). The van der Waals surface area contributed by atoms with Gasteiger partial charge in [0.15, 0.2) is 0 Å². The predicted octanol–water partition coefficient (Wildman–Crippen LogP) is 4.72. The zero-order valence-corrected chi connectivity index (χ0v) is 16.5. The number of hydrogen-bond acceptors (Lipinski definition) is 7. The van der Waals surface area contributed by atoms with Gasteiger partial charge >= 0.3 is 0 Å². The van der Waals surface area contributed by atoms with E-state index in [9.17, 15) is 4.79 Å². The SMILES string of the molecule is CCCc1nnsc1C(=O)Nc1cc(-c2nc3cccnc3s2)ccc1C. The van der Waals surface area contributed by atoms with Crippen LogP contribution in [0.1, 0.15) is 34.3 Å². The van der Waals surface area contributed by atoms with Crippen LogP contribution in [0.2, 0.25) is 0 Å². The molecule has 4 aromatic rings. The first kappa shape index (κ1) is 17.7. The van der Waals surface area contributed by atoms with Crippen LogP contribution in [0.25, 0.3) is 20.9 Å². The summed E-state index contributed by atoms with van der Waals surface area (Å²) in [6, 6.07) is 9.79. The third kappa shape index (κ3) is 3.58. The Balaban J connectivity index is 1.64. The Bertz CT molecular complexity index is 1090. The van der Waals surface area contributed by atoms with Gasteiger partial charge in [-0.25, -0.2) is 9.97 Å². The van der Waals surface area contributed by atoms with Crippen molar-refractivity contribution in [3.63, 3.8) is 0 Å². The number of carbonyl (C=O) groups is 1. The number of fused-ring (bicyclic) bond motifs is 1. The van der Waals surface area contributed by atoms with Crippen molar-refractivity contribution >= 4 is 44.8 Å². The van der Waals surface area contributed by atoms with Crippen LogP contribution < -0.4 is 5.32 Å². The highest BCUT2D eigenvalue weighted by molar-refractivity contribution is 7.21. The predicted molar refractivity (Wildman–Crippen MR) is 109 cm³/mol. The maximum absolute atomic E-state index is 12.7. The number of nitrogens with one attached hydrogen (secondary N) is 1. The third-order valence-electron chi connectivity index (χ3n) is 4.15. The van der Waals surface area contributed by atoms with Gasteiger partial charge in [0.1, 0.15) is 20.2 Å². The van der Waals surface area contributed by atoms with E-state index in [4.69, 9.17) is 0 Å². The molecule has 0 aliphatic heterocycles. The molecule has 1 amide bonds. The molecule has 0 saturated carbocycles. The quantitative estimate of drug-likeness (QED) is 0.529. The van der Waals surface area contributed by atoms with Gasteiger partial charge in [-0.05, 0) is 48.6 Å². The fourth-order valence-corrected chi connectivity index (χ4v) is 4.25. The second kappa shape index (κ2) is 7.50. The molecule has 0 fully saturated rings. The number of anilines is 1. The first-order chi connectivity index (χ1) is 13.2. The molecule has 0 unspecified atom stereocenters. The number of aryl methyl sites for hydroxylation is 2. The third-order valence-corrected chi connectivity index (χ3v) is 5.94. The molecule has 1 N–H and O–H groups in total. The molecule has 136 valence electrons. The highest BCUT2D eigenvalue weighted by Gasteiger charge is 2.17. The van der Waals surface area contributed by atoms with Crippen molar-refractivity contribution in [2.24, 2.45) is 0 Å². The molecule has 1 aromatic carbocycles. The van der Waals surface area contributed by atoms with Crippen molar-refractivity contribution in [2.75, 3.05) is 5.32 Å². The van der Waals surface area contributed by atoms with Crippen molar-refractivity contribution in [1.82, 2.24) is 19.6 Å². The normalized spacial score (nSPS) is 11.0. The molecule has 0 bridgehead atoms. The lowest BCUT2D eigenvalue weighted by Crippen LogP contribution is -2.13. The van der Waals surface area contributed by atoms with E-state index in [2.05, 4.69) is 31.8 Å². The lowest BCUT2D eigenvalue weighted by Gasteiger charge is -2.09. The number of carbonyl (C=O) groups excluding carboxylic acids is 1. The summed E-state index contributed by atoms with van der Waals surface area (Å²) in [7, 11) is 0. The zero-order valence-electron chi connectivity index (χ0n) is 14.9. The van der Waals surface area contributed by atoms with Crippen molar-refractivity contribution < 1.29 is 4.79 Å². The maximum Gasteiger partial charge on any atom is 0.269 e. The Kier molecular flexibility index (Phi) is 4.91. The van der Waals surface area contributed by atoms with Gasteiger partial charge in [0.2, 0.25) is 0 Å². The summed E-state index contributed by atoms with van der Waals surface area (Å²) < 4.78 is 3.93. The Hall–Kier alpha value is -2.71. The molecule has 3 heterocycles. The maximum atomic E-state index is 12.7. The van der Waals surface area contributed by atoms with Crippen molar-refractivity contribution in [3.05, 3.63) is 52.7 Å². The lowest BCUT2D eigenvalue weighted by atomic mass is 10.1. The molecule has 0 atom stereocenters. The number of benzene rings is 1. The number of nitrogens with zero attached hydrogens (tertiary/aromatic N) is 4. The minimum atomic E-state index is -0.167. The Morgan fingerprint density at radius 2 is 2.15 bits per heavy atom. The van der Waals surface area contributed by atoms with Gasteiger partial charge in [0.05, 0.1) is 5.69 Å². The van der Waals surface area contributed by atoms with Crippen LogP contribution in [0.3, 0.4) is 0 Å². The summed E-state index contributed by atoms with van der Waals surface area (Å²) >= 11 is 2.67. The minimum Gasteiger partial charge on any atom is -0.321 e. The van der Waals surface area contributed by atoms with Crippen LogP contribution in [0.15, 0.2) is 36.5 Å². The van der Waals surface area contributed by atoms with Gasteiger partial charge in [-0.1, -0.05) is 41.3 Å². The highest BCUT2D eigenvalue weighted by Crippen LogP contribution is 2.31. The summed E-state index contributed by atoms with van der Waals surface area (Å²) in [5, 5.41) is 7.96. The van der Waals surface area contributed by atoms with E-state index < -0.39 is 0 Å². The number of aromatic nitrogens is 4. The number of pyridine rings is 1. The van der Waals surface area contributed by atoms with E-state index >= 15 is 0 Å². The number of rotatable bonds is 5. The van der Waals surface area contributed by atoms with Crippen LogP contribution in [0, 0.1) is 6.92 Å². The van der Waals surface area contributed by atoms with Crippen LogP contribution in [0.5, 0.6) is 0 Å². The number of hydrogen-bond donors (Lipinski definition) is 1. The van der Waals surface area contributed by atoms with E-state index in [1.54, 1.807) is 6.20 Å². The van der Waals surface area contributed by atoms with E-state index in [-0.39, 0.29) is 5.91 Å². The standard InChI is InChI=1S/C19H17N5OS2/c1-3-5-13-16(27-24-23-13)17(25)21-15-10-12(8-7-11(15)2)18-22-14-6-4-9-20-19(14)26-18/h4,6-10H,3,5H2,1-2H3,(H,21,25). The van der Waals surface area contributed by atoms with E-state index in [1.165, 1.54) is 11.3 Å². The van der Waals surface area contributed by atoms with Gasteiger partial charge in [-0.15, -0.1) is 5.10 Å². The van der Waals surface area contributed by atoms with E-state index in [0.29, 0.717) is 4.88 Å². The first-order valence-corrected chi connectivity index (χ1v) is 10.2. The fourth-order valence-electron chi connectivity index (χ4n) is 2.74. The van der Waals surface area contributed by atoms with Gasteiger partial charge in [0.25, 0.3) is 5.91 Å². The Morgan fingerprint density at radius 3 is 2.96 bits per heavy atom. The molecule has 0 saturated heterocycles. The summed E-state index contributed by atoms with van der Waals surface area (Å²) in [4.78, 5) is 23.2. The summed E-state index contributed by atoms with van der Waals surface area (Å²) in [5.41, 5.74) is 4.34. The Morgan fingerprint density at radius 1 is 1.26 bits per heavy atom. The molecule has 6 nitrogen and oxygen atoms in total. The molecule has 3 aromatic heterocycles. The van der Waals surface area contributed by atoms with Crippen LogP contribution >= 0.6 is 22.9 Å². The van der Waals surface area contributed by atoms with Gasteiger partial charge < -0.3 is 5.32 Å². The van der Waals surface area contributed by atoms with E-state index in [0.717, 1.165) is 62.2 Å². The molecular weight excluding hydrogens is 378 g/mol. The summed E-state index contributed by atoms with van der Waals surface area (Å²) in [5.74, 6) is -0.167. The Labute approximate surface area is 164 Å². The second-order valence-corrected chi connectivity index (χ2v) is 7.86. The topological polar surface area (TPSA) is 80.7 Å². The molecule has 27 heavy (non-hydrogen) atoms. The van der Waals surface area contributed by atoms with Crippen molar-refractivity contribution in [3.8, 4) is 10.6 Å². The van der Waals surface area contributed by atoms with Crippen LogP contribution in [0.4, 0.5) is 5.69 Å². The van der Waals surface area contributed by atoms with E-state index in [1.807, 2.05) is 37.3 Å². The van der Waals surface area contributed by atoms with Gasteiger partial charge in [0, 0.05) is 17.4 Å². The minimum absolute atomic E-state index is 0.167. The summed E-state index contributed by atoms with van der Waals surface area (Å²) in [6.45, 7) is 4.03. The lowest BCUT2D eigenvalue weighted by molar-refractivity contribution is 0.102. The average molecular weight is 396 g/mol. The zero-order chi connectivity index (χ0) is 18.8. The first-order valence-electron chi connectivity index (χ1n) is 8.61. The van der Waals surface area contributed by atoms with Crippen LogP contribution in [-0.4, -0.2) is 25.5 Å². The van der Waals surface area contributed by atoms with Crippen molar-refractivity contribution in [2.45, 2.75) is 26.7 Å². The molecule has 0 spiro atoms. The monoisotopic (exact) mass is 395 g/mol. The van der Waals surface area contributed by atoms with Gasteiger partial charge in [-0.3, -0.25) is 4.79 Å². The largest absolute Gasteiger partial charge is 0.321 e. The molecule has 0 aliphatic rings. The fraction of sp³-hybridized carbons (Fsp3) is 0.211. The van der Waals surface area contributed by atoms with Crippen molar-refractivity contribution in [1.29, 1.82) is 0 Å². The molecular formula is C19H17N5OS2. The highest BCUT2D eigenvalue weighted by atomic mass is 32.1. The average Bonchev–Trinajstić information content (AvgIpc) is 3.30. The second-order valence-electron chi connectivity index (χ2n) is 6.13. The number of thiazole rings is 1. The smallest absolute Gasteiger partial charge is 0.269 e. The molecule has 0 radical (unpaired) electrons.